The van der Waals surface area contributed by atoms with Crippen LogP contribution >= 0.6 is 0 Å². The summed E-state index contributed by atoms with van der Waals surface area (Å²) >= 11 is 0. The van der Waals surface area contributed by atoms with Crippen LogP contribution in [0.3, 0.4) is 0 Å². The highest BCUT2D eigenvalue weighted by Gasteiger charge is 2.17. The fourth-order valence-electron chi connectivity index (χ4n) is 1.95. The topological polar surface area (TPSA) is 61.4 Å². The molecule has 4 nitrogen and oxygen atoms in total. The molecule has 0 aromatic heterocycles. The van der Waals surface area contributed by atoms with Gasteiger partial charge in [-0.25, -0.2) is 4.39 Å². The van der Waals surface area contributed by atoms with E-state index in [9.17, 15) is 9.18 Å². The molecule has 1 aliphatic rings. The molecule has 1 unspecified atom stereocenters. The van der Waals surface area contributed by atoms with Gasteiger partial charge in [0.2, 0.25) is 5.91 Å². The van der Waals surface area contributed by atoms with Crippen molar-refractivity contribution in [1.29, 1.82) is 0 Å². The van der Waals surface area contributed by atoms with Gasteiger partial charge in [-0.15, -0.1) is 0 Å². The largest absolute Gasteiger partial charge is 0.505 e. The minimum Gasteiger partial charge on any atom is -0.505 e. The zero-order valence-corrected chi connectivity index (χ0v) is 9.37. The van der Waals surface area contributed by atoms with Crippen molar-refractivity contribution in [2.45, 2.75) is 25.3 Å². The van der Waals surface area contributed by atoms with E-state index in [0.29, 0.717) is 12.1 Å². The van der Waals surface area contributed by atoms with E-state index in [4.69, 9.17) is 5.11 Å². The van der Waals surface area contributed by atoms with Gasteiger partial charge in [-0.1, -0.05) is 0 Å². The highest BCUT2D eigenvalue weighted by atomic mass is 19.1. The van der Waals surface area contributed by atoms with Crippen molar-refractivity contribution in [3.63, 3.8) is 0 Å². The summed E-state index contributed by atoms with van der Waals surface area (Å²) in [6, 6.07) is 4.02. The number of nitrogens with one attached hydrogen (secondary N) is 2. The first-order chi connectivity index (χ1) is 8.15. The van der Waals surface area contributed by atoms with Crippen LogP contribution in [0, 0.1) is 5.82 Å². The number of phenolic OH excluding ortho intramolecular Hbond substituents is 1. The van der Waals surface area contributed by atoms with Crippen LogP contribution in [0.15, 0.2) is 18.2 Å². The van der Waals surface area contributed by atoms with Gasteiger partial charge in [-0.3, -0.25) is 4.79 Å². The number of hydrogen-bond donors (Lipinski definition) is 3. The first-order valence-corrected chi connectivity index (χ1v) is 5.67. The predicted octanol–water partition coefficient (Wildman–Crippen LogP) is 1.61. The molecular formula is C12H15FN2O2. The summed E-state index contributed by atoms with van der Waals surface area (Å²) in [5, 5.41) is 14.8. The van der Waals surface area contributed by atoms with Crippen LogP contribution in [0.4, 0.5) is 10.1 Å². The predicted molar refractivity (Wildman–Crippen MR) is 62.3 cm³/mol. The molecule has 17 heavy (non-hydrogen) atoms. The molecule has 0 aliphatic carbocycles. The molecule has 0 bridgehead atoms. The van der Waals surface area contributed by atoms with Gasteiger partial charge < -0.3 is 15.7 Å². The van der Waals surface area contributed by atoms with E-state index in [-0.39, 0.29) is 11.9 Å². The van der Waals surface area contributed by atoms with Gasteiger partial charge in [0.25, 0.3) is 0 Å². The second kappa shape index (κ2) is 5.14. The lowest BCUT2D eigenvalue weighted by molar-refractivity contribution is -0.116. The average molecular weight is 238 g/mol. The van der Waals surface area contributed by atoms with E-state index in [0.717, 1.165) is 25.5 Å². The van der Waals surface area contributed by atoms with Crippen molar-refractivity contribution in [2.24, 2.45) is 0 Å². The van der Waals surface area contributed by atoms with E-state index < -0.39 is 11.6 Å². The molecule has 1 saturated heterocycles. The number of carbonyl (C=O) groups is 1. The van der Waals surface area contributed by atoms with E-state index >= 15 is 0 Å². The molecular weight excluding hydrogens is 223 g/mol. The Morgan fingerprint density at radius 1 is 1.59 bits per heavy atom. The maximum absolute atomic E-state index is 13.0. The van der Waals surface area contributed by atoms with Crippen LogP contribution in [0.25, 0.3) is 0 Å². The van der Waals surface area contributed by atoms with E-state index in [1.54, 1.807) is 0 Å². The Morgan fingerprint density at radius 3 is 3.06 bits per heavy atom. The van der Waals surface area contributed by atoms with Gasteiger partial charge in [0, 0.05) is 24.2 Å². The van der Waals surface area contributed by atoms with Crippen molar-refractivity contribution in [3.05, 3.63) is 24.0 Å². The van der Waals surface area contributed by atoms with Crippen molar-refractivity contribution >= 4 is 11.6 Å². The van der Waals surface area contributed by atoms with E-state index in [1.807, 2.05) is 0 Å². The third kappa shape index (κ3) is 3.17. The number of halogens is 1. The number of benzene rings is 1. The standard InChI is InChI=1S/C12H15FN2O2/c13-10-6-9(3-4-11(10)16)15-12(17)7-8-2-1-5-14-8/h3-4,6,8,14,16H,1-2,5,7H2,(H,15,17). The SMILES string of the molecule is O=C(CC1CCCN1)Nc1ccc(O)c(F)c1. The minimum atomic E-state index is -0.734. The van der Waals surface area contributed by atoms with Crippen LogP contribution in [0.2, 0.25) is 0 Å². The average Bonchev–Trinajstić information content (AvgIpc) is 2.76. The Hall–Kier alpha value is -1.62. The Bertz CT molecular complexity index is 417. The molecule has 0 radical (unpaired) electrons. The van der Waals surface area contributed by atoms with E-state index in [1.165, 1.54) is 12.1 Å². The maximum atomic E-state index is 13.0. The Balaban J connectivity index is 1.90. The number of amides is 1. The summed E-state index contributed by atoms with van der Waals surface area (Å²) in [7, 11) is 0. The molecule has 92 valence electrons. The van der Waals surface area contributed by atoms with Gasteiger partial charge >= 0.3 is 0 Å². The molecule has 1 aromatic carbocycles. The molecule has 1 amide bonds. The molecule has 1 atom stereocenters. The molecule has 1 aliphatic heterocycles. The molecule has 1 heterocycles. The highest BCUT2D eigenvalue weighted by molar-refractivity contribution is 5.91. The third-order valence-electron chi connectivity index (χ3n) is 2.83. The van der Waals surface area contributed by atoms with Crippen LogP contribution < -0.4 is 10.6 Å². The summed E-state index contributed by atoms with van der Waals surface area (Å²) in [6.45, 7) is 0.950. The zero-order chi connectivity index (χ0) is 12.3. The van der Waals surface area contributed by atoms with Gasteiger partial charge in [0.1, 0.15) is 0 Å². The summed E-state index contributed by atoms with van der Waals surface area (Å²) in [4.78, 5) is 11.6. The smallest absolute Gasteiger partial charge is 0.225 e. The summed E-state index contributed by atoms with van der Waals surface area (Å²) in [5.41, 5.74) is 0.364. The second-order valence-electron chi connectivity index (χ2n) is 4.21. The first-order valence-electron chi connectivity index (χ1n) is 5.67. The molecule has 3 N–H and O–H groups in total. The van der Waals surface area contributed by atoms with Crippen molar-refractivity contribution in [1.82, 2.24) is 5.32 Å². The minimum absolute atomic E-state index is 0.144. The van der Waals surface area contributed by atoms with Crippen LogP contribution in [-0.2, 0) is 4.79 Å². The number of carbonyl (C=O) groups excluding carboxylic acids is 1. The van der Waals surface area contributed by atoms with Crippen LogP contribution in [0.1, 0.15) is 19.3 Å². The molecule has 0 saturated carbocycles. The fraction of sp³-hybridized carbons (Fsp3) is 0.417. The lowest BCUT2D eigenvalue weighted by Gasteiger charge is -2.10. The van der Waals surface area contributed by atoms with Crippen molar-refractivity contribution in [3.8, 4) is 5.75 Å². The van der Waals surface area contributed by atoms with Gasteiger partial charge in [-0.05, 0) is 31.5 Å². The molecule has 1 fully saturated rings. The fourth-order valence-corrected chi connectivity index (χ4v) is 1.95. The van der Waals surface area contributed by atoms with Gasteiger partial charge in [0.05, 0.1) is 0 Å². The third-order valence-corrected chi connectivity index (χ3v) is 2.83. The molecule has 1 aromatic rings. The highest BCUT2D eigenvalue weighted by Crippen LogP contribution is 2.19. The van der Waals surface area contributed by atoms with Crippen LogP contribution in [-0.4, -0.2) is 23.6 Å². The number of aromatic hydroxyl groups is 1. The van der Waals surface area contributed by atoms with E-state index in [2.05, 4.69) is 10.6 Å². The normalized spacial score (nSPS) is 19.2. The molecule has 0 spiro atoms. The van der Waals surface area contributed by atoms with Crippen molar-refractivity contribution < 1.29 is 14.3 Å². The number of phenols is 1. The Morgan fingerprint density at radius 2 is 2.41 bits per heavy atom. The second-order valence-corrected chi connectivity index (χ2v) is 4.21. The van der Waals surface area contributed by atoms with Gasteiger partial charge in [0.15, 0.2) is 11.6 Å². The lowest BCUT2D eigenvalue weighted by Crippen LogP contribution is -2.27. The Kier molecular flexibility index (Phi) is 3.58. The Labute approximate surface area is 98.8 Å². The summed E-state index contributed by atoms with van der Waals surface area (Å²) < 4.78 is 13.0. The number of rotatable bonds is 3. The van der Waals surface area contributed by atoms with Crippen LogP contribution in [0.5, 0.6) is 5.75 Å². The lowest BCUT2D eigenvalue weighted by atomic mass is 10.1. The van der Waals surface area contributed by atoms with Crippen molar-refractivity contribution in [2.75, 3.05) is 11.9 Å². The monoisotopic (exact) mass is 238 g/mol. The quantitative estimate of drug-likeness (QED) is 0.701. The van der Waals surface area contributed by atoms with Gasteiger partial charge in [-0.2, -0.15) is 0 Å². The number of hydrogen-bond acceptors (Lipinski definition) is 3. The molecule has 2 rings (SSSR count). The maximum Gasteiger partial charge on any atom is 0.225 e. The zero-order valence-electron chi connectivity index (χ0n) is 9.37. The summed E-state index contributed by atoms with van der Waals surface area (Å²) in [5.74, 6) is -1.29. The first kappa shape index (κ1) is 11.9. The summed E-state index contributed by atoms with van der Waals surface area (Å²) in [6.07, 6.45) is 2.48. The molecule has 5 heteroatoms. The number of anilines is 1.